The van der Waals surface area contributed by atoms with E-state index in [1.54, 1.807) is 6.92 Å². The predicted molar refractivity (Wildman–Crippen MR) is 98.5 cm³/mol. The normalized spacial score (nSPS) is 21.3. The van der Waals surface area contributed by atoms with E-state index in [-0.39, 0.29) is 5.78 Å². The molecule has 0 aliphatic carbocycles. The highest BCUT2D eigenvalue weighted by molar-refractivity contribution is 5.75. The van der Waals surface area contributed by atoms with Crippen LogP contribution in [0.15, 0.2) is 48.6 Å². The van der Waals surface area contributed by atoms with Gasteiger partial charge in [-0.3, -0.25) is 0 Å². The number of hydrogen-bond acceptors (Lipinski definition) is 2. The van der Waals surface area contributed by atoms with Gasteiger partial charge in [-0.2, -0.15) is 0 Å². The van der Waals surface area contributed by atoms with Crippen LogP contribution in [0.1, 0.15) is 65.2 Å². The molecule has 0 aromatic carbocycles. The van der Waals surface area contributed by atoms with Crippen LogP contribution in [0.3, 0.4) is 0 Å². The second-order valence-corrected chi connectivity index (χ2v) is 6.04. The molecular weight excluding hydrogens is 284 g/mol. The molecule has 128 valence electrons. The quantitative estimate of drug-likeness (QED) is 0.247. The summed E-state index contributed by atoms with van der Waals surface area (Å²) in [4.78, 5) is 10.8. The van der Waals surface area contributed by atoms with Gasteiger partial charge in [0.15, 0.2) is 0 Å². The Kier molecular flexibility index (Phi) is 11.2. The zero-order chi connectivity index (χ0) is 16.8. The number of Topliss-reactive ketones (excluding diaryl/α,β-unsaturated/α-hetero) is 1. The number of allylic oxidation sites excluding steroid dienone is 6. The largest absolute Gasteiger partial charge is 0.369 e. The van der Waals surface area contributed by atoms with Crippen LogP contribution in [0.5, 0.6) is 0 Å². The molecule has 1 saturated heterocycles. The summed E-state index contributed by atoms with van der Waals surface area (Å²) in [5.41, 5.74) is 0. The van der Waals surface area contributed by atoms with E-state index in [0.29, 0.717) is 18.6 Å². The SMILES string of the molecule is CC/C=C\C/C=C\CC1OC1C/C=C\C/C=C\CCCC(C)=O. The van der Waals surface area contributed by atoms with Crippen molar-refractivity contribution in [2.45, 2.75) is 77.4 Å². The van der Waals surface area contributed by atoms with Crippen LogP contribution in [-0.4, -0.2) is 18.0 Å². The van der Waals surface area contributed by atoms with Gasteiger partial charge in [-0.05, 0) is 51.9 Å². The van der Waals surface area contributed by atoms with Crippen molar-refractivity contribution in [2.75, 3.05) is 0 Å². The van der Waals surface area contributed by atoms with Gasteiger partial charge in [-0.15, -0.1) is 0 Å². The average Bonchev–Trinajstić information content (AvgIpc) is 3.27. The third kappa shape index (κ3) is 11.8. The summed E-state index contributed by atoms with van der Waals surface area (Å²) in [7, 11) is 0. The van der Waals surface area contributed by atoms with E-state index in [4.69, 9.17) is 4.74 Å². The van der Waals surface area contributed by atoms with Gasteiger partial charge in [0.25, 0.3) is 0 Å². The number of hydrogen-bond donors (Lipinski definition) is 0. The van der Waals surface area contributed by atoms with E-state index >= 15 is 0 Å². The third-order valence-electron chi connectivity index (χ3n) is 3.77. The van der Waals surface area contributed by atoms with E-state index in [0.717, 1.165) is 44.9 Å². The summed E-state index contributed by atoms with van der Waals surface area (Å²) in [6, 6.07) is 0. The van der Waals surface area contributed by atoms with E-state index < -0.39 is 0 Å². The molecule has 0 saturated carbocycles. The van der Waals surface area contributed by atoms with Crippen molar-refractivity contribution in [3.8, 4) is 0 Å². The van der Waals surface area contributed by atoms with Crippen LogP contribution in [0, 0.1) is 0 Å². The van der Waals surface area contributed by atoms with E-state index in [2.05, 4.69) is 55.5 Å². The molecule has 2 heteroatoms. The van der Waals surface area contributed by atoms with Gasteiger partial charge < -0.3 is 9.53 Å². The van der Waals surface area contributed by atoms with Crippen molar-refractivity contribution >= 4 is 5.78 Å². The first kappa shape index (κ1) is 19.6. The van der Waals surface area contributed by atoms with E-state index in [1.807, 2.05) is 0 Å². The second kappa shape index (κ2) is 13.1. The zero-order valence-corrected chi connectivity index (χ0v) is 14.7. The Morgan fingerprint density at radius 2 is 1.43 bits per heavy atom. The Bertz CT molecular complexity index is 429. The summed E-state index contributed by atoms with van der Waals surface area (Å²) in [6.45, 7) is 3.81. The lowest BCUT2D eigenvalue weighted by Crippen LogP contribution is -1.90. The first-order valence-corrected chi connectivity index (χ1v) is 8.99. The third-order valence-corrected chi connectivity index (χ3v) is 3.77. The van der Waals surface area contributed by atoms with Gasteiger partial charge in [0.1, 0.15) is 5.78 Å². The fraction of sp³-hybridized carbons (Fsp3) is 0.571. The van der Waals surface area contributed by atoms with Crippen LogP contribution >= 0.6 is 0 Å². The Balaban J connectivity index is 1.95. The lowest BCUT2D eigenvalue weighted by atomic mass is 10.1. The molecule has 1 rings (SSSR count). The molecule has 1 heterocycles. The van der Waals surface area contributed by atoms with Crippen LogP contribution in [0.25, 0.3) is 0 Å². The van der Waals surface area contributed by atoms with Crippen molar-refractivity contribution in [1.29, 1.82) is 0 Å². The fourth-order valence-corrected chi connectivity index (χ4v) is 2.35. The van der Waals surface area contributed by atoms with Crippen molar-refractivity contribution in [2.24, 2.45) is 0 Å². The molecule has 1 fully saturated rings. The van der Waals surface area contributed by atoms with Gasteiger partial charge in [0, 0.05) is 6.42 Å². The molecule has 0 aromatic heterocycles. The molecule has 0 amide bonds. The molecule has 1 aliphatic heterocycles. The van der Waals surface area contributed by atoms with Gasteiger partial charge in [0.2, 0.25) is 0 Å². The monoisotopic (exact) mass is 316 g/mol. The Hall–Kier alpha value is -1.41. The summed E-state index contributed by atoms with van der Waals surface area (Å²) in [5, 5.41) is 0. The zero-order valence-electron chi connectivity index (χ0n) is 14.7. The molecule has 0 bridgehead atoms. The first-order valence-electron chi connectivity index (χ1n) is 8.99. The molecule has 23 heavy (non-hydrogen) atoms. The summed E-state index contributed by atoms with van der Waals surface area (Å²) in [6.07, 6.45) is 26.3. The topological polar surface area (TPSA) is 29.6 Å². The minimum absolute atomic E-state index is 0.282. The number of ether oxygens (including phenoxy) is 1. The average molecular weight is 316 g/mol. The highest BCUT2D eigenvalue weighted by Gasteiger charge is 2.35. The molecule has 0 radical (unpaired) electrons. The lowest BCUT2D eigenvalue weighted by Gasteiger charge is -1.91. The van der Waals surface area contributed by atoms with Crippen molar-refractivity contribution < 1.29 is 9.53 Å². The van der Waals surface area contributed by atoms with Crippen molar-refractivity contribution in [1.82, 2.24) is 0 Å². The predicted octanol–water partition coefficient (Wildman–Crippen LogP) is 5.71. The molecule has 2 atom stereocenters. The molecule has 2 unspecified atom stereocenters. The van der Waals surface area contributed by atoms with Gasteiger partial charge in [-0.25, -0.2) is 0 Å². The van der Waals surface area contributed by atoms with Gasteiger partial charge in [-0.1, -0.05) is 55.5 Å². The van der Waals surface area contributed by atoms with E-state index in [9.17, 15) is 4.79 Å². The second-order valence-electron chi connectivity index (χ2n) is 6.04. The number of carbonyl (C=O) groups excluding carboxylic acids is 1. The lowest BCUT2D eigenvalue weighted by molar-refractivity contribution is -0.117. The van der Waals surface area contributed by atoms with Crippen molar-refractivity contribution in [3.05, 3.63) is 48.6 Å². The molecular formula is C21H32O2. The minimum Gasteiger partial charge on any atom is -0.369 e. The highest BCUT2D eigenvalue weighted by Crippen LogP contribution is 2.29. The maximum Gasteiger partial charge on any atom is 0.129 e. The molecule has 0 aromatic rings. The van der Waals surface area contributed by atoms with E-state index in [1.165, 1.54) is 0 Å². The highest BCUT2D eigenvalue weighted by atomic mass is 16.6. The molecule has 1 aliphatic rings. The Morgan fingerprint density at radius 3 is 2.00 bits per heavy atom. The Morgan fingerprint density at radius 1 is 0.870 bits per heavy atom. The van der Waals surface area contributed by atoms with Crippen LogP contribution in [0.4, 0.5) is 0 Å². The maximum atomic E-state index is 10.8. The number of rotatable bonds is 13. The number of epoxide rings is 1. The summed E-state index contributed by atoms with van der Waals surface area (Å²) in [5.74, 6) is 0.282. The minimum atomic E-state index is 0.282. The number of ketones is 1. The summed E-state index contributed by atoms with van der Waals surface area (Å²) >= 11 is 0. The summed E-state index contributed by atoms with van der Waals surface area (Å²) < 4.78 is 5.66. The van der Waals surface area contributed by atoms with Gasteiger partial charge in [0.05, 0.1) is 12.2 Å². The van der Waals surface area contributed by atoms with Crippen LogP contribution < -0.4 is 0 Å². The molecule has 0 N–H and O–H groups in total. The Labute approximate surface area is 142 Å². The van der Waals surface area contributed by atoms with Crippen molar-refractivity contribution in [3.63, 3.8) is 0 Å². The fourth-order valence-electron chi connectivity index (χ4n) is 2.35. The van der Waals surface area contributed by atoms with Gasteiger partial charge >= 0.3 is 0 Å². The van der Waals surface area contributed by atoms with Crippen LogP contribution in [0.2, 0.25) is 0 Å². The number of unbranched alkanes of at least 4 members (excludes halogenated alkanes) is 1. The standard InChI is InChI=1S/C21H32O2/c1-3-4-5-6-11-14-17-20-21(23-20)18-15-12-9-7-8-10-13-16-19(2)22/h4-5,7-8,11-12,14-15,20-21H,3,6,9-10,13,16-18H2,1-2H3/b5-4-,8-7-,14-11-,15-12-. The maximum absolute atomic E-state index is 10.8. The van der Waals surface area contributed by atoms with Crippen LogP contribution in [-0.2, 0) is 9.53 Å². The first-order chi connectivity index (χ1) is 11.2. The number of carbonyl (C=O) groups is 1. The smallest absolute Gasteiger partial charge is 0.129 e. The molecule has 2 nitrogen and oxygen atoms in total. The molecule has 0 spiro atoms.